The van der Waals surface area contributed by atoms with E-state index in [2.05, 4.69) is 10.6 Å². The van der Waals surface area contributed by atoms with Crippen molar-refractivity contribution in [3.8, 4) is 0 Å². The van der Waals surface area contributed by atoms with Crippen LogP contribution in [0.15, 0.2) is 24.3 Å². The third-order valence-electron chi connectivity index (χ3n) is 2.71. The van der Waals surface area contributed by atoms with E-state index in [4.69, 9.17) is 5.11 Å². The molecular formula is C14H20N2O3. The fourth-order valence-corrected chi connectivity index (χ4v) is 1.63. The fraction of sp³-hybridized carbons (Fsp3) is 0.429. The van der Waals surface area contributed by atoms with Crippen molar-refractivity contribution in [3.05, 3.63) is 29.8 Å². The molecule has 1 aromatic carbocycles. The monoisotopic (exact) mass is 264 g/mol. The minimum absolute atomic E-state index is 0.145. The molecule has 1 unspecified atom stereocenters. The highest BCUT2D eigenvalue weighted by atomic mass is 16.4. The Balaban J connectivity index is 2.76. The lowest BCUT2D eigenvalue weighted by Crippen LogP contribution is -2.28. The maximum atomic E-state index is 11.8. The summed E-state index contributed by atoms with van der Waals surface area (Å²) in [5.41, 5.74) is 1.16. The number of carbonyl (C=O) groups is 2. The van der Waals surface area contributed by atoms with Crippen molar-refractivity contribution < 1.29 is 14.7 Å². The molecule has 0 saturated carbocycles. The molecule has 0 aromatic heterocycles. The highest BCUT2D eigenvalue weighted by Gasteiger charge is 2.14. The number of aliphatic carboxylic acids is 1. The molecule has 5 nitrogen and oxygen atoms in total. The molecule has 5 heteroatoms. The summed E-state index contributed by atoms with van der Waals surface area (Å²) in [5, 5.41) is 14.7. The van der Waals surface area contributed by atoms with E-state index in [-0.39, 0.29) is 5.91 Å². The van der Waals surface area contributed by atoms with Crippen molar-refractivity contribution in [2.45, 2.75) is 32.7 Å². The van der Waals surface area contributed by atoms with Gasteiger partial charge < -0.3 is 15.7 Å². The van der Waals surface area contributed by atoms with Gasteiger partial charge in [0.05, 0.1) is 0 Å². The maximum Gasteiger partial charge on any atom is 0.326 e. The lowest BCUT2D eigenvalue weighted by atomic mass is 10.1. The third kappa shape index (κ3) is 4.62. The van der Waals surface area contributed by atoms with Crippen LogP contribution in [0.3, 0.4) is 0 Å². The number of anilines is 1. The predicted octanol–water partition coefficient (Wildman–Crippen LogP) is 2.10. The number of hydrogen-bond donors (Lipinski definition) is 3. The summed E-state index contributed by atoms with van der Waals surface area (Å²) in [6.07, 6.45) is 1.35. The van der Waals surface area contributed by atoms with Crippen molar-refractivity contribution in [3.63, 3.8) is 0 Å². The lowest BCUT2D eigenvalue weighted by molar-refractivity contribution is -0.137. The molecule has 1 atom stereocenters. The average Bonchev–Trinajstić information content (AvgIpc) is 2.42. The number of carboxylic acids is 1. The topological polar surface area (TPSA) is 78.4 Å². The van der Waals surface area contributed by atoms with Crippen LogP contribution in [0.2, 0.25) is 0 Å². The maximum absolute atomic E-state index is 11.8. The summed E-state index contributed by atoms with van der Waals surface area (Å²) < 4.78 is 0. The Morgan fingerprint density at radius 2 is 2.05 bits per heavy atom. The second-order valence-corrected chi connectivity index (χ2v) is 4.28. The Morgan fingerprint density at radius 3 is 2.63 bits per heavy atom. The highest BCUT2D eigenvalue weighted by molar-refractivity contribution is 5.95. The number of nitrogens with one attached hydrogen (secondary N) is 2. The molecule has 0 saturated heterocycles. The second-order valence-electron chi connectivity index (χ2n) is 4.28. The number of amides is 1. The van der Waals surface area contributed by atoms with Crippen molar-refractivity contribution in [2.24, 2.45) is 0 Å². The number of carbonyl (C=O) groups excluding carboxylic acids is 1. The number of hydrogen-bond acceptors (Lipinski definition) is 3. The minimum atomic E-state index is -0.900. The standard InChI is InChI=1S/C14H20N2O3/c1-3-8-15-13(17)10-6-5-7-11(9-10)16-12(4-2)14(18)19/h5-7,9,12,16H,3-4,8H2,1-2H3,(H,15,17)(H,18,19). The van der Waals surface area contributed by atoms with E-state index in [0.717, 1.165) is 6.42 Å². The van der Waals surface area contributed by atoms with Gasteiger partial charge in [-0.2, -0.15) is 0 Å². The van der Waals surface area contributed by atoms with Crippen LogP contribution >= 0.6 is 0 Å². The molecule has 1 rings (SSSR count). The summed E-state index contributed by atoms with van der Waals surface area (Å²) in [4.78, 5) is 22.7. The normalized spacial score (nSPS) is 11.7. The van der Waals surface area contributed by atoms with Crippen molar-refractivity contribution in [2.75, 3.05) is 11.9 Å². The van der Waals surface area contributed by atoms with Crippen LogP contribution in [0.25, 0.3) is 0 Å². The first-order valence-corrected chi connectivity index (χ1v) is 6.46. The Morgan fingerprint density at radius 1 is 1.32 bits per heavy atom. The van der Waals surface area contributed by atoms with Crippen LogP contribution in [0, 0.1) is 0 Å². The van der Waals surface area contributed by atoms with Gasteiger partial charge in [-0.05, 0) is 31.0 Å². The van der Waals surface area contributed by atoms with E-state index >= 15 is 0 Å². The van der Waals surface area contributed by atoms with E-state index in [9.17, 15) is 9.59 Å². The first-order chi connectivity index (χ1) is 9.08. The predicted molar refractivity (Wildman–Crippen MR) is 74.4 cm³/mol. The molecule has 0 fully saturated rings. The number of benzene rings is 1. The summed E-state index contributed by atoms with van der Waals surface area (Å²) in [5.74, 6) is -1.04. The molecule has 0 radical (unpaired) electrons. The van der Waals surface area contributed by atoms with Crippen LogP contribution in [0.5, 0.6) is 0 Å². The van der Waals surface area contributed by atoms with Gasteiger partial charge in [-0.1, -0.05) is 19.9 Å². The molecule has 1 aromatic rings. The molecule has 0 aliphatic carbocycles. The van der Waals surface area contributed by atoms with E-state index in [1.54, 1.807) is 31.2 Å². The van der Waals surface area contributed by atoms with Gasteiger partial charge in [-0.25, -0.2) is 4.79 Å². The summed E-state index contributed by atoms with van der Waals surface area (Å²) in [7, 11) is 0. The zero-order valence-corrected chi connectivity index (χ0v) is 11.3. The van der Waals surface area contributed by atoms with Crippen LogP contribution in [-0.4, -0.2) is 29.6 Å². The van der Waals surface area contributed by atoms with Gasteiger partial charge in [0.15, 0.2) is 0 Å². The Bertz CT molecular complexity index is 446. The average molecular weight is 264 g/mol. The molecule has 0 aliphatic heterocycles. The minimum Gasteiger partial charge on any atom is -0.480 e. The number of carboxylic acid groups (broad SMARTS) is 1. The SMILES string of the molecule is CCCNC(=O)c1cccc(NC(CC)C(=O)O)c1. The molecule has 19 heavy (non-hydrogen) atoms. The van der Waals surface area contributed by atoms with E-state index in [0.29, 0.717) is 24.2 Å². The molecule has 0 spiro atoms. The molecule has 1 amide bonds. The zero-order valence-electron chi connectivity index (χ0n) is 11.3. The van der Waals surface area contributed by atoms with Crippen molar-refractivity contribution >= 4 is 17.6 Å². The van der Waals surface area contributed by atoms with Crippen molar-refractivity contribution in [1.29, 1.82) is 0 Å². The molecular weight excluding hydrogens is 244 g/mol. The fourth-order valence-electron chi connectivity index (χ4n) is 1.63. The summed E-state index contributed by atoms with van der Waals surface area (Å²) in [6.45, 7) is 4.41. The molecule has 104 valence electrons. The molecule has 3 N–H and O–H groups in total. The third-order valence-corrected chi connectivity index (χ3v) is 2.71. The van der Waals surface area contributed by atoms with Gasteiger partial charge in [0.25, 0.3) is 5.91 Å². The van der Waals surface area contributed by atoms with Crippen molar-refractivity contribution in [1.82, 2.24) is 5.32 Å². The molecule has 0 aliphatic rings. The van der Waals surface area contributed by atoms with Gasteiger partial charge in [0.1, 0.15) is 6.04 Å². The smallest absolute Gasteiger partial charge is 0.326 e. The second kappa shape index (κ2) is 7.41. The van der Waals surface area contributed by atoms with Gasteiger partial charge in [0, 0.05) is 17.8 Å². The Labute approximate surface area is 113 Å². The first kappa shape index (κ1) is 15.0. The first-order valence-electron chi connectivity index (χ1n) is 6.46. The van der Waals surface area contributed by atoms with E-state index in [1.807, 2.05) is 6.92 Å². The lowest BCUT2D eigenvalue weighted by Gasteiger charge is -2.14. The van der Waals surface area contributed by atoms with Crippen LogP contribution < -0.4 is 10.6 Å². The van der Waals surface area contributed by atoms with Crippen LogP contribution in [0.1, 0.15) is 37.0 Å². The van der Waals surface area contributed by atoms with E-state index < -0.39 is 12.0 Å². The van der Waals surface area contributed by atoms with Gasteiger partial charge >= 0.3 is 5.97 Å². The summed E-state index contributed by atoms with van der Waals surface area (Å²) >= 11 is 0. The Hall–Kier alpha value is -2.04. The zero-order chi connectivity index (χ0) is 14.3. The van der Waals surface area contributed by atoms with E-state index in [1.165, 1.54) is 0 Å². The largest absolute Gasteiger partial charge is 0.480 e. The van der Waals surface area contributed by atoms with Gasteiger partial charge in [0.2, 0.25) is 0 Å². The van der Waals surface area contributed by atoms with Crippen LogP contribution in [-0.2, 0) is 4.79 Å². The summed E-state index contributed by atoms with van der Waals surface area (Å²) in [6, 6.07) is 6.21. The quantitative estimate of drug-likeness (QED) is 0.704. The van der Waals surface area contributed by atoms with Gasteiger partial charge in [-0.15, -0.1) is 0 Å². The van der Waals surface area contributed by atoms with Crippen LogP contribution in [0.4, 0.5) is 5.69 Å². The van der Waals surface area contributed by atoms with Gasteiger partial charge in [-0.3, -0.25) is 4.79 Å². The molecule has 0 bridgehead atoms. The highest BCUT2D eigenvalue weighted by Crippen LogP contribution is 2.13. The molecule has 0 heterocycles. The Kier molecular flexibility index (Phi) is 5.85. The number of rotatable bonds is 7.